The van der Waals surface area contributed by atoms with Gasteiger partial charge in [0.1, 0.15) is 6.23 Å². The maximum Gasteiger partial charge on any atom is 0.239 e. The lowest BCUT2D eigenvalue weighted by molar-refractivity contribution is -0.133. The van der Waals surface area contributed by atoms with Crippen LogP contribution < -0.4 is 5.32 Å². The molecule has 0 bridgehead atoms. The number of aliphatic hydroxyl groups excluding tert-OH is 1. The van der Waals surface area contributed by atoms with Crippen molar-refractivity contribution in [2.45, 2.75) is 44.4 Å². The van der Waals surface area contributed by atoms with E-state index in [-0.39, 0.29) is 11.9 Å². The van der Waals surface area contributed by atoms with E-state index in [1.165, 1.54) is 11.1 Å². The third-order valence-corrected chi connectivity index (χ3v) is 4.17. The summed E-state index contributed by atoms with van der Waals surface area (Å²) in [7, 11) is 0. The molecule has 98 valence electrons. The molecule has 2 N–H and O–H groups in total. The van der Waals surface area contributed by atoms with Crippen molar-refractivity contribution in [2.75, 3.05) is 13.1 Å². The zero-order valence-corrected chi connectivity index (χ0v) is 10.6. The summed E-state index contributed by atoms with van der Waals surface area (Å²) in [6, 6.07) is -0.0576. The molecule has 3 rings (SSSR count). The Morgan fingerprint density at radius 1 is 1.22 bits per heavy atom. The van der Waals surface area contributed by atoms with Crippen LogP contribution in [0, 0.1) is 0 Å². The SMILES string of the molecule is O=C1NC(O)CCC1N1CCC2=CCCC=C2C1. The Morgan fingerprint density at radius 3 is 2.78 bits per heavy atom. The standard InChI is InChI=1S/C14H20N2O2/c17-13-6-5-12(14(18)15-13)16-8-7-10-3-1-2-4-11(10)9-16/h3-4,12-13,17H,1-2,5-9H2,(H,15,18). The van der Waals surface area contributed by atoms with Crippen molar-refractivity contribution < 1.29 is 9.90 Å². The van der Waals surface area contributed by atoms with E-state index >= 15 is 0 Å². The van der Waals surface area contributed by atoms with Crippen LogP contribution in [0.4, 0.5) is 0 Å². The van der Waals surface area contributed by atoms with Crippen molar-refractivity contribution in [1.82, 2.24) is 10.2 Å². The van der Waals surface area contributed by atoms with Gasteiger partial charge >= 0.3 is 0 Å². The molecule has 0 saturated carbocycles. The molecule has 2 heterocycles. The summed E-state index contributed by atoms with van der Waals surface area (Å²) in [5.41, 5.74) is 2.89. The van der Waals surface area contributed by atoms with Crippen LogP contribution in [0.5, 0.6) is 0 Å². The third-order valence-electron chi connectivity index (χ3n) is 4.17. The molecule has 0 aromatic rings. The highest BCUT2D eigenvalue weighted by atomic mass is 16.3. The number of allylic oxidation sites excluding steroid dienone is 2. The summed E-state index contributed by atoms with van der Waals surface area (Å²) >= 11 is 0. The summed E-state index contributed by atoms with van der Waals surface area (Å²) in [4.78, 5) is 14.2. The Kier molecular flexibility index (Phi) is 3.22. The third kappa shape index (κ3) is 2.22. The van der Waals surface area contributed by atoms with E-state index in [1.54, 1.807) is 0 Å². The lowest BCUT2D eigenvalue weighted by Crippen LogP contribution is -2.55. The van der Waals surface area contributed by atoms with Crippen molar-refractivity contribution in [3.05, 3.63) is 23.3 Å². The number of nitrogens with zero attached hydrogens (tertiary/aromatic N) is 1. The molecule has 1 amide bonds. The predicted molar refractivity (Wildman–Crippen MR) is 68.8 cm³/mol. The van der Waals surface area contributed by atoms with E-state index in [9.17, 15) is 9.90 Å². The molecule has 2 unspecified atom stereocenters. The van der Waals surface area contributed by atoms with Crippen molar-refractivity contribution in [2.24, 2.45) is 0 Å². The molecule has 4 nitrogen and oxygen atoms in total. The number of nitrogens with one attached hydrogen (secondary N) is 1. The Bertz CT molecular complexity index is 414. The molecule has 2 aliphatic heterocycles. The minimum Gasteiger partial charge on any atom is -0.374 e. The van der Waals surface area contributed by atoms with Crippen LogP contribution in [-0.2, 0) is 4.79 Å². The average molecular weight is 248 g/mol. The number of piperidine rings is 2. The predicted octanol–water partition coefficient (Wildman–Crippen LogP) is 0.936. The highest BCUT2D eigenvalue weighted by Crippen LogP contribution is 2.29. The average Bonchev–Trinajstić information content (AvgIpc) is 2.38. The maximum absolute atomic E-state index is 11.9. The Morgan fingerprint density at radius 2 is 2.00 bits per heavy atom. The first-order valence-electron chi connectivity index (χ1n) is 6.85. The largest absolute Gasteiger partial charge is 0.374 e. The van der Waals surface area contributed by atoms with Gasteiger partial charge in [-0.05, 0) is 43.3 Å². The molecule has 18 heavy (non-hydrogen) atoms. The van der Waals surface area contributed by atoms with Gasteiger partial charge in [-0.1, -0.05) is 12.2 Å². The van der Waals surface area contributed by atoms with Crippen molar-refractivity contribution in [1.29, 1.82) is 0 Å². The molecular weight excluding hydrogens is 228 g/mol. The van der Waals surface area contributed by atoms with E-state index < -0.39 is 6.23 Å². The van der Waals surface area contributed by atoms with E-state index in [2.05, 4.69) is 22.4 Å². The lowest BCUT2D eigenvalue weighted by atomic mass is 9.90. The van der Waals surface area contributed by atoms with Gasteiger partial charge in [-0.15, -0.1) is 0 Å². The Hall–Kier alpha value is -1.13. The van der Waals surface area contributed by atoms with Crippen LogP contribution >= 0.6 is 0 Å². The van der Waals surface area contributed by atoms with Crippen LogP contribution in [0.15, 0.2) is 23.3 Å². The van der Waals surface area contributed by atoms with Crippen molar-refractivity contribution in [3.63, 3.8) is 0 Å². The molecule has 0 aromatic heterocycles. The molecule has 4 heteroatoms. The summed E-state index contributed by atoms with van der Waals surface area (Å²) < 4.78 is 0. The zero-order chi connectivity index (χ0) is 12.5. The smallest absolute Gasteiger partial charge is 0.239 e. The number of fused-ring (bicyclic) bond motifs is 1. The molecule has 2 atom stereocenters. The van der Waals surface area contributed by atoms with E-state index in [0.29, 0.717) is 6.42 Å². The molecule has 0 radical (unpaired) electrons. The van der Waals surface area contributed by atoms with Gasteiger partial charge in [-0.3, -0.25) is 9.69 Å². The highest BCUT2D eigenvalue weighted by Gasteiger charge is 2.34. The first kappa shape index (κ1) is 11.9. The van der Waals surface area contributed by atoms with Crippen LogP contribution in [-0.4, -0.2) is 41.3 Å². The topological polar surface area (TPSA) is 52.6 Å². The van der Waals surface area contributed by atoms with E-state index in [0.717, 1.165) is 38.8 Å². The second-order valence-electron chi connectivity index (χ2n) is 5.37. The quantitative estimate of drug-likeness (QED) is 0.726. The molecule has 0 aromatic carbocycles. The maximum atomic E-state index is 11.9. The number of hydrogen-bond donors (Lipinski definition) is 2. The number of amides is 1. The van der Waals surface area contributed by atoms with Crippen LogP contribution in [0.3, 0.4) is 0 Å². The second-order valence-corrected chi connectivity index (χ2v) is 5.37. The molecule has 2 fully saturated rings. The first-order chi connectivity index (χ1) is 8.74. The fourth-order valence-electron chi connectivity index (χ4n) is 3.16. The summed E-state index contributed by atoms with van der Waals surface area (Å²) in [6.45, 7) is 1.84. The van der Waals surface area contributed by atoms with E-state index in [1.807, 2.05) is 0 Å². The number of likely N-dealkylation sites (tertiary alicyclic amines) is 1. The van der Waals surface area contributed by atoms with Gasteiger partial charge in [0.15, 0.2) is 0 Å². The van der Waals surface area contributed by atoms with Crippen molar-refractivity contribution >= 4 is 5.91 Å². The number of carbonyl (C=O) groups excluding carboxylic acids is 1. The highest BCUT2D eigenvalue weighted by molar-refractivity contribution is 5.82. The molecule has 1 aliphatic carbocycles. The van der Waals surface area contributed by atoms with Gasteiger partial charge in [0.2, 0.25) is 5.91 Å². The fraction of sp³-hybridized carbons (Fsp3) is 0.643. The minimum atomic E-state index is -0.650. The monoisotopic (exact) mass is 248 g/mol. The normalized spacial score (nSPS) is 33.3. The molecular formula is C14H20N2O2. The Balaban J connectivity index is 1.69. The molecule has 0 spiro atoms. The van der Waals surface area contributed by atoms with Gasteiger partial charge in [-0.2, -0.15) is 0 Å². The zero-order valence-electron chi connectivity index (χ0n) is 10.6. The first-order valence-corrected chi connectivity index (χ1v) is 6.85. The lowest BCUT2D eigenvalue weighted by Gasteiger charge is -2.39. The number of rotatable bonds is 1. The van der Waals surface area contributed by atoms with Crippen LogP contribution in [0.1, 0.15) is 32.1 Å². The number of hydrogen-bond acceptors (Lipinski definition) is 3. The fourth-order valence-corrected chi connectivity index (χ4v) is 3.16. The molecule has 3 aliphatic rings. The second kappa shape index (κ2) is 4.86. The number of carbonyl (C=O) groups is 1. The number of aliphatic hydroxyl groups is 1. The summed E-state index contributed by atoms with van der Waals surface area (Å²) in [5.74, 6) is -0.0161. The Labute approximate surface area is 107 Å². The summed E-state index contributed by atoms with van der Waals surface area (Å²) in [6.07, 6.45) is 8.78. The van der Waals surface area contributed by atoms with Gasteiger partial charge in [-0.25, -0.2) is 0 Å². The van der Waals surface area contributed by atoms with Gasteiger partial charge in [0.05, 0.1) is 6.04 Å². The van der Waals surface area contributed by atoms with Crippen molar-refractivity contribution in [3.8, 4) is 0 Å². The minimum absolute atomic E-state index is 0.0161. The van der Waals surface area contributed by atoms with E-state index in [4.69, 9.17) is 0 Å². The van der Waals surface area contributed by atoms with Gasteiger partial charge in [0.25, 0.3) is 0 Å². The van der Waals surface area contributed by atoms with Crippen LogP contribution in [0.2, 0.25) is 0 Å². The summed E-state index contributed by atoms with van der Waals surface area (Å²) in [5, 5.41) is 12.1. The molecule has 2 saturated heterocycles. The van der Waals surface area contributed by atoms with Gasteiger partial charge in [0, 0.05) is 13.1 Å². The van der Waals surface area contributed by atoms with Gasteiger partial charge < -0.3 is 10.4 Å². The van der Waals surface area contributed by atoms with Crippen LogP contribution in [0.25, 0.3) is 0 Å².